The largest absolute Gasteiger partial charge is 0.496 e. The molecule has 3 rings (SSSR count). The molecule has 2 aliphatic rings. The molecule has 0 aliphatic carbocycles. The number of para-hydroxylation sites is 1. The summed E-state index contributed by atoms with van der Waals surface area (Å²) in [6.07, 6.45) is 4.92. The molecule has 2 saturated heterocycles. The third kappa shape index (κ3) is 4.53. The van der Waals surface area contributed by atoms with Gasteiger partial charge in [0.25, 0.3) is 0 Å². The smallest absolute Gasteiger partial charge is 0.223 e. The van der Waals surface area contributed by atoms with Crippen molar-refractivity contribution in [2.75, 3.05) is 40.4 Å². The highest BCUT2D eigenvalue weighted by molar-refractivity contribution is 5.77. The van der Waals surface area contributed by atoms with Gasteiger partial charge < -0.3 is 19.3 Å². The van der Waals surface area contributed by atoms with E-state index in [2.05, 4.69) is 9.80 Å². The Morgan fingerprint density at radius 2 is 1.96 bits per heavy atom. The number of hydrogen-bond acceptors (Lipinski definition) is 4. The average molecular weight is 346 g/mol. The van der Waals surface area contributed by atoms with Crippen molar-refractivity contribution >= 4 is 5.91 Å². The summed E-state index contributed by atoms with van der Waals surface area (Å²) in [5.41, 5.74) is 1.09. The minimum atomic E-state index is 0.169. The van der Waals surface area contributed by atoms with E-state index in [4.69, 9.17) is 9.47 Å². The normalized spacial score (nSPS) is 24.0. The summed E-state index contributed by atoms with van der Waals surface area (Å²) in [6.45, 7) is 4.04. The van der Waals surface area contributed by atoms with Crippen molar-refractivity contribution in [3.8, 4) is 5.75 Å². The van der Waals surface area contributed by atoms with Gasteiger partial charge in [0.2, 0.25) is 5.91 Å². The van der Waals surface area contributed by atoms with Crippen molar-refractivity contribution in [3.63, 3.8) is 0 Å². The van der Waals surface area contributed by atoms with Gasteiger partial charge in [-0.05, 0) is 50.4 Å². The predicted molar refractivity (Wildman–Crippen MR) is 97.9 cm³/mol. The average Bonchev–Trinajstić information content (AvgIpc) is 3.30. The van der Waals surface area contributed by atoms with Gasteiger partial charge in [-0.25, -0.2) is 0 Å². The van der Waals surface area contributed by atoms with E-state index in [-0.39, 0.29) is 18.1 Å². The zero-order chi connectivity index (χ0) is 17.6. The summed E-state index contributed by atoms with van der Waals surface area (Å²) < 4.78 is 10.9. The van der Waals surface area contributed by atoms with Crippen LogP contribution in [-0.2, 0) is 16.0 Å². The van der Waals surface area contributed by atoms with Crippen LogP contribution in [0.15, 0.2) is 24.3 Å². The molecular formula is C20H30N2O3. The van der Waals surface area contributed by atoms with E-state index >= 15 is 0 Å². The molecule has 25 heavy (non-hydrogen) atoms. The molecule has 0 bridgehead atoms. The zero-order valence-electron chi connectivity index (χ0n) is 15.4. The molecule has 0 unspecified atom stereocenters. The lowest BCUT2D eigenvalue weighted by atomic mass is 10.1. The first kappa shape index (κ1) is 18.2. The quantitative estimate of drug-likeness (QED) is 0.760. The van der Waals surface area contributed by atoms with E-state index in [1.165, 1.54) is 12.8 Å². The fraction of sp³-hybridized carbons (Fsp3) is 0.650. The molecule has 0 N–H and O–H groups in total. The van der Waals surface area contributed by atoms with E-state index in [1.54, 1.807) is 14.2 Å². The Kier molecular flexibility index (Phi) is 6.32. The van der Waals surface area contributed by atoms with Crippen LogP contribution in [0.1, 0.15) is 31.2 Å². The Balaban J connectivity index is 1.59. The summed E-state index contributed by atoms with van der Waals surface area (Å²) in [4.78, 5) is 17.4. The number of ether oxygens (including phenoxy) is 2. The number of rotatable bonds is 7. The third-order valence-corrected chi connectivity index (χ3v) is 5.50. The molecule has 2 fully saturated rings. The van der Waals surface area contributed by atoms with Gasteiger partial charge in [-0.3, -0.25) is 4.79 Å². The summed E-state index contributed by atoms with van der Waals surface area (Å²) in [5.74, 6) is 1.09. The summed E-state index contributed by atoms with van der Waals surface area (Å²) in [5, 5.41) is 0. The first-order valence-electron chi connectivity index (χ1n) is 9.37. The van der Waals surface area contributed by atoms with Crippen molar-refractivity contribution in [2.24, 2.45) is 0 Å². The molecule has 1 amide bonds. The lowest BCUT2D eigenvalue weighted by molar-refractivity contribution is -0.132. The molecule has 1 aromatic rings. The van der Waals surface area contributed by atoms with E-state index in [0.29, 0.717) is 12.8 Å². The summed E-state index contributed by atoms with van der Waals surface area (Å²) in [7, 11) is 3.43. The van der Waals surface area contributed by atoms with Crippen molar-refractivity contribution < 1.29 is 14.3 Å². The van der Waals surface area contributed by atoms with Crippen LogP contribution in [0.25, 0.3) is 0 Å². The van der Waals surface area contributed by atoms with Crippen molar-refractivity contribution in [2.45, 2.75) is 44.2 Å². The van der Waals surface area contributed by atoms with Crippen LogP contribution in [0.5, 0.6) is 5.75 Å². The Bertz CT molecular complexity index is 572. The van der Waals surface area contributed by atoms with E-state index in [0.717, 1.165) is 43.9 Å². The van der Waals surface area contributed by atoms with E-state index < -0.39 is 0 Å². The maximum absolute atomic E-state index is 12.9. The molecule has 2 aliphatic heterocycles. The second-order valence-corrected chi connectivity index (χ2v) is 7.11. The molecule has 0 saturated carbocycles. The van der Waals surface area contributed by atoms with Gasteiger partial charge in [-0.2, -0.15) is 0 Å². The topological polar surface area (TPSA) is 42.0 Å². The highest BCUT2D eigenvalue weighted by Gasteiger charge is 2.36. The fourth-order valence-electron chi connectivity index (χ4n) is 4.08. The number of likely N-dealkylation sites (tertiary alicyclic amines) is 2. The SMILES string of the molecule is COc1ccccc1CCC(=O)N1C[C@@H](OC)C[C@H]1CN1CCCC1. The van der Waals surface area contributed by atoms with Gasteiger partial charge in [-0.15, -0.1) is 0 Å². The first-order chi connectivity index (χ1) is 12.2. The molecule has 1 aromatic carbocycles. The van der Waals surface area contributed by atoms with Crippen LogP contribution in [0, 0.1) is 0 Å². The molecule has 2 heterocycles. The van der Waals surface area contributed by atoms with Gasteiger partial charge in [-0.1, -0.05) is 18.2 Å². The number of carbonyl (C=O) groups excluding carboxylic acids is 1. The maximum Gasteiger partial charge on any atom is 0.223 e. The molecule has 0 aromatic heterocycles. The van der Waals surface area contributed by atoms with Crippen molar-refractivity contribution in [1.29, 1.82) is 0 Å². The number of aryl methyl sites for hydroxylation is 1. The van der Waals surface area contributed by atoms with Crippen molar-refractivity contribution in [3.05, 3.63) is 29.8 Å². The van der Waals surface area contributed by atoms with Crippen LogP contribution in [0.2, 0.25) is 0 Å². The fourth-order valence-corrected chi connectivity index (χ4v) is 4.08. The summed E-state index contributed by atoms with van der Waals surface area (Å²) in [6, 6.07) is 8.23. The number of carbonyl (C=O) groups is 1. The second-order valence-electron chi connectivity index (χ2n) is 7.11. The minimum Gasteiger partial charge on any atom is -0.496 e. The molecular weight excluding hydrogens is 316 g/mol. The van der Waals surface area contributed by atoms with Gasteiger partial charge in [0.1, 0.15) is 5.75 Å². The van der Waals surface area contributed by atoms with Gasteiger partial charge in [0.15, 0.2) is 0 Å². The van der Waals surface area contributed by atoms with Crippen LogP contribution in [-0.4, -0.2) is 68.3 Å². The van der Waals surface area contributed by atoms with E-state index in [9.17, 15) is 4.79 Å². The molecule has 0 radical (unpaired) electrons. The second kappa shape index (κ2) is 8.68. The monoisotopic (exact) mass is 346 g/mol. The number of benzene rings is 1. The zero-order valence-corrected chi connectivity index (χ0v) is 15.4. The number of nitrogens with zero attached hydrogens (tertiary/aromatic N) is 2. The highest BCUT2D eigenvalue weighted by atomic mass is 16.5. The number of hydrogen-bond donors (Lipinski definition) is 0. The van der Waals surface area contributed by atoms with Crippen LogP contribution in [0.4, 0.5) is 0 Å². The highest BCUT2D eigenvalue weighted by Crippen LogP contribution is 2.25. The minimum absolute atomic E-state index is 0.169. The lowest BCUT2D eigenvalue weighted by Gasteiger charge is -2.28. The van der Waals surface area contributed by atoms with Gasteiger partial charge >= 0.3 is 0 Å². The third-order valence-electron chi connectivity index (χ3n) is 5.50. The molecule has 5 heteroatoms. The Morgan fingerprint density at radius 1 is 1.20 bits per heavy atom. The summed E-state index contributed by atoms with van der Waals surface area (Å²) >= 11 is 0. The number of amides is 1. The molecule has 138 valence electrons. The van der Waals surface area contributed by atoms with Gasteiger partial charge in [0.05, 0.1) is 13.2 Å². The predicted octanol–water partition coefficient (Wildman–Crippen LogP) is 2.34. The number of methoxy groups -OCH3 is 2. The van der Waals surface area contributed by atoms with Crippen molar-refractivity contribution in [1.82, 2.24) is 9.80 Å². The first-order valence-corrected chi connectivity index (χ1v) is 9.37. The Labute approximate surface area is 150 Å². The van der Waals surface area contributed by atoms with Crippen LogP contribution < -0.4 is 4.74 Å². The van der Waals surface area contributed by atoms with Crippen LogP contribution >= 0.6 is 0 Å². The standard InChI is InChI=1S/C20H30N2O3/c1-24-18-13-17(14-21-11-5-6-12-21)22(15-18)20(23)10-9-16-7-3-4-8-19(16)25-2/h3-4,7-8,17-18H,5-6,9-15H2,1-2H3/t17-,18-/m0/s1. The van der Waals surface area contributed by atoms with Gasteiger partial charge in [0, 0.05) is 32.7 Å². The van der Waals surface area contributed by atoms with Crippen LogP contribution in [0.3, 0.4) is 0 Å². The Morgan fingerprint density at radius 3 is 2.68 bits per heavy atom. The Hall–Kier alpha value is -1.59. The molecule has 0 spiro atoms. The van der Waals surface area contributed by atoms with E-state index in [1.807, 2.05) is 24.3 Å². The lowest BCUT2D eigenvalue weighted by Crippen LogP contribution is -2.42. The maximum atomic E-state index is 12.9. The molecule has 2 atom stereocenters. The molecule has 5 nitrogen and oxygen atoms in total.